The van der Waals surface area contributed by atoms with E-state index in [9.17, 15) is 0 Å². The highest BCUT2D eigenvalue weighted by molar-refractivity contribution is 5.87. The first kappa shape index (κ1) is 17.4. The summed E-state index contributed by atoms with van der Waals surface area (Å²) in [6.45, 7) is 13.9. The van der Waals surface area contributed by atoms with Gasteiger partial charge in [-0.2, -0.15) is 10.2 Å². The fourth-order valence-electron chi connectivity index (χ4n) is 3.10. The first-order valence-electron chi connectivity index (χ1n) is 8.81. The van der Waals surface area contributed by atoms with Gasteiger partial charge in [-0.3, -0.25) is 9.36 Å². The maximum Gasteiger partial charge on any atom is 0.156 e. The van der Waals surface area contributed by atoms with Gasteiger partial charge in [-0.1, -0.05) is 13.8 Å². The van der Waals surface area contributed by atoms with E-state index in [1.807, 2.05) is 30.3 Å². The van der Waals surface area contributed by atoms with Crippen molar-refractivity contribution in [2.45, 2.75) is 60.5 Å². The lowest BCUT2D eigenvalue weighted by atomic mass is 10.2. The van der Waals surface area contributed by atoms with Crippen LogP contribution in [0.25, 0.3) is 11.0 Å². The lowest BCUT2D eigenvalue weighted by molar-refractivity contribution is 0.675. The predicted molar refractivity (Wildman–Crippen MR) is 99.8 cm³/mol. The summed E-state index contributed by atoms with van der Waals surface area (Å²) in [6, 6.07) is 0. The summed E-state index contributed by atoms with van der Waals surface area (Å²) in [6.07, 6.45) is 0. The summed E-state index contributed by atoms with van der Waals surface area (Å²) in [5.74, 6) is 1.95. The third kappa shape index (κ3) is 2.99. The van der Waals surface area contributed by atoms with Crippen LogP contribution in [0.15, 0.2) is 0 Å². The molecule has 3 rings (SSSR count). The van der Waals surface area contributed by atoms with Crippen LogP contribution in [0.4, 0.5) is 5.82 Å². The fraction of sp³-hybridized carbons (Fsp3) is 0.556. The molecule has 0 bridgehead atoms. The number of aromatic nitrogens is 6. The van der Waals surface area contributed by atoms with Crippen molar-refractivity contribution < 1.29 is 0 Å². The van der Waals surface area contributed by atoms with Crippen molar-refractivity contribution in [3.05, 3.63) is 28.5 Å². The van der Waals surface area contributed by atoms with Crippen molar-refractivity contribution >= 4 is 16.9 Å². The van der Waals surface area contributed by atoms with E-state index in [2.05, 4.69) is 43.2 Å². The Balaban J connectivity index is 2.07. The monoisotopic (exact) mass is 341 g/mol. The number of hydrogen-bond donors (Lipinski definition) is 1. The molecule has 0 aliphatic carbocycles. The molecule has 0 atom stereocenters. The Morgan fingerprint density at radius 1 is 1.04 bits per heavy atom. The van der Waals surface area contributed by atoms with Crippen molar-refractivity contribution in [2.75, 3.05) is 5.32 Å². The van der Waals surface area contributed by atoms with Gasteiger partial charge in [0.2, 0.25) is 0 Å². The van der Waals surface area contributed by atoms with Crippen LogP contribution >= 0.6 is 0 Å². The van der Waals surface area contributed by atoms with Gasteiger partial charge in [0.15, 0.2) is 5.82 Å². The van der Waals surface area contributed by atoms with Gasteiger partial charge in [-0.15, -0.1) is 0 Å². The van der Waals surface area contributed by atoms with Crippen molar-refractivity contribution in [3.63, 3.8) is 0 Å². The first-order chi connectivity index (χ1) is 11.8. The van der Waals surface area contributed by atoms with Crippen molar-refractivity contribution in [2.24, 2.45) is 7.05 Å². The van der Waals surface area contributed by atoms with Crippen molar-refractivity contribution in [1.29, 1.82) is 0 Å². The average Bonchev–Trinajstić information content (AvgIpc) is 3.02. The Labute approximate surface area is 148 Å². The molecule has 3 heterocycles. The number of aryl methyl sites for hydroxylation is 4. The van der Waals surface area contributed by atoms with Crippen LogP contribution in [-0.2, 0) is 20.1 Å². The average molecular weight is 341 g/mol. The van der Waals surface area contributed by atoms with Crippen LogP contribution in [0.5, 0.6) is 0 Å². The summed E-state index contributed by atoms with van der Waals surface area (Å²) < 4.78 is 3.89. The molecule has 7 heteroatoms. The highest BCUT2D eigenvalue weighted by atomic mass is 15.3. The van der Waals surface area contributed by atoms with Gasteiger partial charge in [-0.25, -0.2) is 9.97 Å². The molecular weight excluding hydrogens is 314 g/mol. The zero-order chi connectivity index (χ0) is 18.3. The molecular formula is C18H27N7. The number of nitrogens with zero attached hydrogens (tertiary/aromatic N) is 6. The lowest BCUT2D eigenvalue weighted by Crippen LogP contribution is -2.09. The van der Waals surface area contributed by atoms with Gasteiger partial charge < -0.3 is 5.32 Å². The standard InChI is InChI=1S/C18H27N7/c1-8-25-16-15(12(5)23-25)20-17(10(2)3)21-18(16)19-9-14-11(4)22-24(7)13(14)6/h10H,8-9H2,1-7H3,(H,19,20,21). The molecule has 25 heavy (non-hydrogen) atoms. The second-order valence-electron chi connectivity index (χ2n) is 6.81. The summed E-state index contributed by atoms with van der Waals surface area (Å²) >= 11 is 0. The molecule has 1 N–H and O–H groups in total. The molecule has 134 valence electrons. The van der Waals surface area contributed by atoms with Gasteiger partial charge in [0.1, 0.15) is 16.9 Å². The normalized spacial score (nSPS) is 11.7. The largest absolute Gasteiger partial charge is 0.364 e. The van der Waals surface area contributed by atoms with E-state index < -0.39 is 0 Å². The molecule has 0 aliphatic heterocycles. The summed E-state index contributed by atoms with van der Waals surface area (Å²) in [7, 11) is 1.97. The van der Waals surface area contributed by atoms with Crippen molar-refractivity contribution in [3.8, 4) is 0 Å². The Morgan fingerprint density at radius 3 is 2.32 bits per heavy atom. The second-order valence-corrected chi connectivity index (χ2v) is 6.81. The van der Waals surface area contributed by atoms with Crippen LogP contribution in [0.1, 0.15) is 55.2 Å². The van der Waals surface area contributed by atoms with E-state index in [0.717, 1.165) is 40.6 Å². The summed E-state index contributed by atoms with van der Waals surface area (Å²) in [5.41, 5.74) is 6.27. The first-order valence-corrected chi connectivity index (χ1v) is 8.81. The third-order valence-electron chi connectivity index (χ3n) is 4.68. The highest BCUT2D eigenvalue weighted by Gasteiger charge is 2.18. The van der Waals surface area contributed by atoms with Gasteiger partial charge in [0, 0.05) is 37.3 Å². The molecule has 0 saturated carbocycles. The van der Waals surface area contributed by atoms with E-state index in [4.69, 9.17) is 9.97 Å². The quantitative estimate of drug-likeness (QED) is 0.771. The molecule has 0 saturated heterocycles. The lowest BCUT2D eigenvalue weighted by Gasteiger charge is -2.12. The molecule has 0 radical (unpaired) electrons. The van der Waals surface area contributed by atoms with Crippen LogP contribution in [-0.4, -0.2) is 29.5 Å². The maximum absolute atomic E-state index is 4.79. The molecule has 0 aliphatic rings. The Hall–Kier alpha value is -2.44. The molecule has 7 nitrogen and oxygen atoms in total. The van der Waals surface area contributed by atoms with E-state index >= 15 is 0 Å². The van der Waals surface area contributed by atoms with Crippen LogP contribution in [0.3, 0.4) is 0 Å². The van der Waals surface area contributed by atoms with E-state index in [1.54, 1.807) is 0 Å². The van der Waals surface area contributed by atoms with Crippen LogP contribution in [0.2, 0.25) is 0 Å². The van der Waals surface area contributed by atoms with Gasteiger partial charge >= 0.3 is 0 Å². The SMILES string of the molecule is CCn1nc(C)c2nc(C(C)C)nc(NCc3c(C)nn(C)c3C)c21. The van der Waals surface area contributed by atoms with Gasteiger partial charge in [-0.05, 0) is 27.7 Å². The Bertz CT molecular complexity index is 918. The minimum atomic E-state index is 0.260. The van der Waals surface area contributed by atoms with E-state index in [1.165, 1.54) is 11.3 Å². The number of rotatable bonds is 5. The minimum absolute atomic E-state index is 0.260. The third-order valence-corrected chi connectivity index (χ3v) is 4.68. The number of fused-ring (bicyclic) bond motifs is 1. The second kappa shape index (κ2) is 6.46. The Kier molecular flexibility index (Phi) is 4.49. The zero-order valence-electron chi connectivity index (χ0n) is 16.2. The van der Waals surface area contributed by atoms with E-state index in [-0.39, 0.29) is 5.92 Å². The fourth-order valence-corrected chi connectivity index (χ4v) is 3.10. The predicted octanol–water partition coefficient (Wildman–Crippen LogP) is 3.24. The molecule has 0 unspecified atom stereocenters. The molecule has 0 fully saturated rings. The van der Waals surface area contributed by atoms with Crippen LogP contribution < -0.4 is 5.32 Å². The summed E-state index contributed by atoms with van der Waals surface area (Å²) in [5, 5.41) is 12.6. The maximum atomic E-state index is 4.79. The molecule has 0 aromatic carbocycles. The molecule has 3 aromatic heterocycles. The summed E-state index contributed by atoms with van der Waals surface area (Å²) in [4.78, 5) is 9.54. The Morgan fingerprint density at radius 2 is 1.76 bits per heavy atom. The topological polar surface area (TPSA) is 73.5 Å². The highest BCUT2D eigenvalue weighted by Crippen LogP contribution is 2.26. The van der Waals surface area contributed by atoms with Gasteiger partial charge in [0.25, 0.3) is 0 Å². The van der Waals surface area contributed by atoms with Crippen molar-refractivity contribution in [1.82, 2.24) is 29.5 Å². The van der Waals surface area contributed by atoms with Gasteiger partial charge in [0.05, 0.1) is 11.4 Å². The molecule has 0 spiro atoms. The molecule has 3 aromatic rings. The van der Waals surface area contributed by atoms with Crippen LogP contribution in [0, 0.1) is 20.8 Å². The smallest absolute Gasteiger partial charge is 0.156 e. The number of hydrogen-bond acceptors (Lipinski definition) is 5. The number of anilines is 1. The number of nitrogens with one attached hydrogen (secondary N) is 1. The van der Waals surface area contributed by atoms with E-state index in [0.29, 0.717) is 6.54 Å². The minimum Gasteiger partial charge on any atom is -0.364 e. The zero-order valence-corrected chi connectivity index (χ0v) is 16.2. The molecule has 0 amide bonds.